The summed E-state index contributed by atoms with van der Waals surface area (Å²) in [5.41, 5.74) is 5.46. The van der Waals surface area contributed by atoms with E-state index in [0.29, 0.717) is 24.3 Å². The molecule has 0 amide bonds. The van der Waals surface area contributed by atoms with Gasteiger partial charge in [-0.2, -0.15) is 13.2 Å². The first-order chi connectivity index (χ1) is 8.81. The molecule has 19 heavy (non-hydrogen) atoms. The fraction of sp³-hybridized carbons (Fsp3) is 0.417. The smallest absolute Gasteiger partial charge is 0.396 e. The van der Waals surface area contributed by atoms with Gasteiger partial charge in [-0.1, -0.05) is 18.5 Å². The van der Waals surface area contributed by atoms with Gasteiger partial charge in [-0.3, -0.25) is 0 Å². The van der Waals surface area contributed by atoms with Gasteiger partial charge in [-0.25, -0.2) is 4.98 Å². The van der Waals surface area contributed by atoms with E-state index in [9.17, 15) is 13.2 Å². The summed E-state index contributed by atoms with van der Waals surface area (Å²) in [4.78, 5) is 4.20. The SMILES string of the molecule is CCc1nc2cc(C(F)(F)F)c(Cl)c(N)c2n1CC. The van der Waals surface area contributed by atoms with Crippen LogP contribution in [0.1, 0.15) is 25.2 Å². The first kappa shape index (κ1) is 14.0. The van der Waals surface area contributed by atoms with E-state index < -0.39 is 16.8 Å². The first-order valence-electron chi connectivity index (χ1n) is 5.85. The molecule has 2 N–H and O–H groups in total. The van der Waals surface area contributed by atoms with E-state index in [1.165, 1.54) is 0 Å². The predicted octanol–water partition coefficient (Wildman–Crippen LogP) is 3.87. The molecule has 0 unspecified atom stereocenters. The molecule has 3 nitrogen and oxygen atoms in total. The third-order valence-electron chi connectivity index (χ3n) is 3.02. The Morgan fingerprint density at radius 2 is 2.00 bits per heavy atom. The second-order valence-electron chi connectivity index (χ2n) is 4.14. The van der Waals surface area contributed by atoms with Crippen molar-refractivity contribution in [2.24, 2.45) is 0 Å². The maximum atomic E-state index is 12.9. The van der Waals surface area contributed by atoms with Crippen LogP contribution in [0.5, 0.6) is 0 Å². The maximum absolute atomic E-state index is 12.9. The summed E-state index contributed by atoms with van der Waals surface area (Å²) in [6, 6.07) is 0.958. The molecule has 0 radical (unpaired) electrons. The second kappa shape index (κ2) is 4.59. The Balaban J connectivity index is 2.86. The average Bonchev–Trinajstić information content (AvgIpc) is 2.70. The number of nitrogens with two attached hydrogens (primary N) is 1. The van der Waals surface area contributed by atoms with E-state index in [2.05, 4.69) is 4.98 Å². The predicted molar refractivity (Wildman–Crippen MR) is 69.2 cm³/mol. The number of aromatic nitrogens is 2. The van der Waals surface area contributed by atoms with Gasteiger partial charge in [-0.15, -0.1) is 0 Å². The van der Waals surface area contributed by atoms with Crippen LogP contribution in [0, 0.1) is 0 Å². The minimum Gasteiger partial charge on any atom is -0.396 e. The summed E-state index contributed by atoms with van der Waals surface area (Å²) >= 11 is 5.75. The Morgan fingerprint density at radius 3 is 2.47 bits per heavy atom. The minimum atomic E-state index is -4.54. The number of alkyl halides is 3. The van der Waals surface area contributed by atoms with Crippen LogP contribution in [0.2, 0.25) is 5.02 Å². The fourth-order valence-electron chi connectivity index (χ4n) is 2.17. The van der Waals surface area contributed by atoms with Gasteiger partial charge < -0.3 is 10.3 Å². The van der Waals surface area contributed by atoms with Crippen LogP contribution >= 0.6 is 11.6 Å². The number of aryl methyl sites for hydroxylation is 2. The van der Waals surface area contributed by atoms with Gasteiger partial charge in [0.25, 0.3) is 0 Å². The summed E-state index contributed by atoms with van der Waals surface area (Å²) in [6.07, 6.45) is -3.93. The highest BCUT2D eigenvalue weighted by Gasteiger charge is 2.35. The molecular weight excluding hydrogens is 279 g/mol. The van der Waals surface area contributed by atoms with Crippen LogP contribution in [0.4, 0.5) is 18.9 Å². The lowest BCUT2D eigenvalue weighted by molar-refractivity contribution is -0.137. The number of fused-ring (bicyclic) bond motifs is 1. The Kier molecular flexibility index (Phi) is 3.38. The van der Waals surface area contributed by atoms with E-state index in [4.69, 9.17) is 17.3 Å². The molecule has 1 heterocycles. The van der Waals surface area contributed by atoms with Crippen molar-refractivity contribution in [2.75, 3.05) is 5.73 Å². The molecule has 0 saturated heterocycles. The van der Waals surface area contributed by atoms with Gasteiger partial charge in [-0.05, 0) is 13.0 Å². The summed E-state index contributed by atoms with van der Waals surface area (Å²) in [5.74, 6) is 0.694. The van der Waals surface area contributed by atoms with E-state index in [1.54, 1.807) is 4.57 Å². The number of hydrogen-bond donors (Lipinski definition) is 1. The van der Waals surface area contributed by atoms with Crippen molar-refractivity contribution >= 4 is 28.3 Å². The molecule has 0 spiro atoms. The Labute approximate surface area is 113 Å². The monoisotopic (exact) mass is 291 g/mol. The van der Waals surface area contributed by atoms with E-state index in [0.717, 1.165) is 6.07 Å². The molecule has 7 heteroatoms. The number of nitrogen functional groups attached to an aromatic ring is 1. The standard InChI is InChI=1S/C12H13ClF3N3/c1-3-8-18-7-5-6(12(14,15)16)9(13)10(17)11(7)19(8)4-2/h5H,3-4,17H2,1-2H3. The third kappa shape index (κ3) is 2.14. The van der Waals surface area contributed by atoms with E-state index in [1.807, 2.05) is 13.8 Å². The van der Waals surface area contributed by atoms with Gasteiger partial charge in [0.15, 0.2) is 0 Å². The number of anilines is 1. The highest BCUT2D eigenvalue weighted by molar-refractivity contribution is 6.35. The Hall–Kier alpha value is -1.43. The molecule has 0 fully saturated rings. The molecule has 104 valence electrons. The average molecular weight is 292 g/mol. The molecule has 2 aromatic rings. The molecule has 0 bridgehead atoms. The van der Waals surface area contributed by atoms with Crippen molar-refractivity contribution in [1.29, 1.82) is 0 Å². The highest BCUT2D eigenvalue weighted by Crippen LogP contribution is 2.41. The van der Waals surface area contributed by atoms with Crippen molar-refractivity contribution in [3.8, 4) is 0 Å². The van der Waals surface area contributed by atoms with Crippen LogP contribution in [0.25, 0.3) is 11.0 Å². The Morgan fingerprint density at radius 1 is 1.37 bits per heavy atom. The highest BCUT2D eigenvalue weighted by atomic mass is 35.5. The second-order valence-corrected chi connectivity index (χ2v) is 4.52. The zero-order chi connectivity index (χ0) is 14.4. The van der Waals surface area contributed by atoms with Gasteiger partial charge in [0, 0.05) is 13.0 Å². The summed E-state index contributed by atoms with van der Waals surface area (Å²) < 4.78 is 40.3. The fourth-order valence-corrected chi connectivity index (χ4v) is 2.42. The van der Waals surface area contributed by atoms with Gasteiger partial charge >= 0.3 is 6.18 Å². The van der Waals surface area contributed by atoms with Crippen molar-refractivity contribution < 1.29 is 13.2 Å². The quantitative estimate of drug-likeness (QED) is 0.854. The van der Waals surface area contributed by atoms with Crippen molar-refractivity contribution in [1.82, 2.24) is 9.55 Å². The zero-order valence-corrected chi connectivity index (χ0v) is 11.2. The molecule has 1 aromatic heterocycles. The number of hydrogen-bond acceptors (Lipinski definition) is 2. The number of halogens is 4. The molecule has 0 aliphatic carbocycles. The third-order valence-corrected chi connectivity index (χ3v) is 3.43. The van der Waals surface area contributed by atoms with Gasteiger partial charge in [0.2, 0.25) is 0 Å². The topological polar surface area (TPSA) is 43.8 Å². The van der Waals surface area contributed by atoms with Crippen molar-refractivity contribution in [3.05, 3.63) is 22.5 Å². The van der Waals surface area contributed by atoms with Gasteiger partial charge in [0.1, 0.15) is 5.82 Å². The number of rotatable bonds is 2. The van der Waals surface area contributed by atoms with Crippen LogP contribution in [-0.2, 0) is 19.1 Å². The lowest BCUT2D eigenvalue weighted by atomic mass is 10.1. The molecule has 0 aliphatic heterocycles. The normalized spacial score (nSPS) is 12.3. The largest absolute Gasteiger partial charge is 0.418 e. The van der Waals surface area contributed by atoms with Crippen LogP contribution < -0.4 is 5.73 Å². The summed E-state index contributed by atoms with van der Waals surface area (Å²) in [6.45, 7) is 4.34. The molecule has 1 aromatic carbocycles. The van der Waals surface area contributed by atoms with E-state index in [-0.39, 0.29) is 11.2 Å². The molecule has 0 atom stereocenters. The van der Waals surface area contributed by atoms with Crippen LogP contribution in [0.15, 0.2) is 6.07 Å². The zero-order valence-electron chi connectivity index (χ0n) is 10.5. The molecular formula is C12H13ClF3N3. The minimum absolute atomic E-state index is 0.0689. The van der Waals surface area contributed by atoms with Gasteiger partial charge in [0.05, 0.1) is 27.3 Å². The maximum Gasteiger partial charge on any atom is 0.418 e. The Bertz CT molecular complexity index is 631. The number of benzene rings is 1. The number of nitrogens with zero attached hydrogens (tertiary/aromatic N) is 2. The molecule has 2 rings (SSSR count). The van der Waals surface area contributed by atoms with Crippen molar-refractivity contribution in [2.45, 2.75) is 33.0 Å². The van der Waals surface area contributed by atoms with E-state index >= 15 is 0 Å². The summed E-state index contributed by atoms with van der Waals surface area (Å²) in [5, 5.41) is -0.461. The van der Waals surface area contributed by atoms with Crippen LogP contribution in [-0.4, -0.2) is 9.55 Å². The lowest BCUT2D eigenvalue weighted by Gasteiger charge is -2.12. The summed E-state index contributed by atoms with van der Waals surface area (Å²) in [7, 11) is 0. The number of imidazole rings is 1. The van der Waals surface area contributed by atoms with Crippen molar-refractivity contribution in [3.63, 3.8) is 0 Å². The molecule has 0 saturated carbocycles. The van der Waals surface area contributed by atoms with Crippen LogP contribution in [0.3, 0.4) is 0 Å². The lowest BCUT2D eigenvalue weighted by Crippen LogP contribution is -2.08. The first-order valence-corrected chi connectivity index (χ1v) is 6.23. The molecule has 0 aliphatic rings.